The van der Waals surface area contributed by atoms with Crippen LogP contribution in [0.5, 0.6) is 0 Å². The molecule has 0 aromatic heterocycles. The number of anilines is 1. The molecule has 0 fully saturated rings. The summed E-state index contributed by atoms with van der Waals surface area (Å²) in [5.74, 6) is 0. The summed E-state index contributed by atoms with van der Waals surface area (Å²) in [4.78, 5) is 0. The van der Waals surface area contributed by atoms with Gasteiger partial charge in [-0.25, -0.2) is 0 Å². The van der Waals surface area contributed by atoms with E-state index in [-0.39, 0.29) is 0 Å². The maximum atomic E-state index is 3.63. The van der Waals surface area contributed by atoms with Gasteiger partial charge in [0.2, 0.25) is 0 Å². The number of hydrogen-bond donors (Lipinski definition) is 1. The maximum absolute atomic E-state index is 3.63. The summed E-state index contributed by atoms with van der Waals surface area (Å²) in [5.41, 5.74) is 3.06. The van der Waals surface area contributed by atoms with Crippen molar-refractivity contribution in [2.45, 2.75) is 39.7 Å². The van der Waals surface area contributed by atoms with Crippen molar-refractivity contribution in [1.29, 1.82) is 0 Å². The first-order valence-corrected chi connectivity index (χ1v) is 6.07. The van der Waals surface area contributed by atoms with Crippen LogP contribution in [0.1, 0.15) is 33.6 Å². The molecule has 0 spiro atoms. The minimum absolute atomic E-state index is 0.343. The minimum atomic E-state index is 0.343. The quantitative estimate of drug-likeness (QED) is 0.728. The number of rotatable bonds is 2. The molecule has 1 aliphatic carbocycles. The molecule has 1 nitrogen and oxygen atoms in total. The first kappa shape index (κ1) is 11.3. The van der Waals surface area contributed by atoms with E-state index in [2.05, 4.69) is 62.5 Å². The van der Waals surface area contributed by atoms with Crippen molar-refractivity contribution in [3.05, 3.63) is 42.0 Å². The Morgan fingerprint density at radius 3 is 2.56 bits per heavy atom. The fourth-order valence-electron chi connectivity index (χ4n) is 2.22. The molecule has 1 aliphatic rings. The lowest BCUT2D eigenvalue weighted by Gasteiger charge is -2.37. The van der Waals surface area contributed by atoms with E-state index in [1.165, 1.54) is 24.1 Å². The first-order chi connectivity index (χ1) is 7.58. The summed E-state index contributed by atoms with van der Waals surface area (Å²) in [6, 6.07) is 10.9. The van der Waals surface area contributed by atoms with Gasteiger partial charge in [-0.1, -0.05) is 43.7 Å². The van der Waals surface area contributed by atoms with E-state index in [1.807, 2.05) is 0 Å². The fraction of sp³-hybridized carbons (Fsp3) is 0.467. The Morgan fingerprint density at radius 2 is 1.88 bits per heavy atom. The highest BCUT2D eigenvalue weighted by Crippen LogP contribution is 2.36. The van der Waals surface area contributed by atoms with Crippen molar-refractivity contribution in [3.63, 3.8) is 0 Å². The van der Waals surface area contributed by atoms with Gasteiger partial charge in [-0.3, -0.25) is 0 Å². The zero-order valence-corrected chi connectivity index (χ0v) is 10.5. The average molecular weight is 215 g/mol. The second kappa shape index (κ2) is 4.32. The Hall–Kier alpha value is -1.24. The minimum Gasteiger partial charge on any atom is -0.378 e. The number of nitrogens with one attached hydrogen (secondary N) is 1. The lowest BCUT2D eigenvalue weighted by molar-refractivity contribution is 0.298. The van der Waals surface area contributed by atoms with Gasteiger partial charge >= 0.3 is 0 Å². The van der Waals surface area contributed by atoms with E-state index in [4.69, 9.17) is 0 Å². The van der Waals surface area contributed by atoms with Gasteiger partial charge in [0.25, 0.3) is 0 Å². The Bertz CT molecular complexity index is 376. The smallest absolute Gasteiger partial charge is 0.0498 e. The van der Waals surface area contributed by atoms with E-state index in [0.29, 0.717) is 11.5 Å². The molecule has 16 heavy (non-hydrogen) atoms. The van der Waals surface area contributed by atoms with Crippen molar-refractivity contribution in [2.24, 2.45) is 5.41 Å². The van der Waals surface area contributed by atoms with E-state index in [1.54, 1.807) is 0 Å². The zero-order valence-electron chi connectivity index (χ0n) is 10.5. The molecular formula is C15H21N. The highest BCUT2D eigenvalue weighted by atomic mass is 14.9. The van der Waals surface area contributed by atoms with Crippen LogP contribution in [0.2, 0.25) is 0 Å². The molecule has 0 amide bonds. The molecule has 0 bridgehead atoms. The Kier molecular flexibility index (Phi) is 3.04. The van der Waals surface area contributed by atoms with E-state index in [9.17, 15) is 0 Å². The summed E-state index contributed by atoms with van der Waals surface area (Å²) in [7, 11) is 0. The molecule has 0 aliphatic heterocycles. The van der Waals surface area contributed by atoms with Crippen LogP contribution in [0.25, 0.3) is 0 Å². The van der Waals surface area contributed by atoms with Crippen LogP contribution in [0, 0.1) is 5.41 Å². The van der Waals surface area contributed by atoms with E-state index in [0.717, 1.165) is 0 Å². The van der Waals surface area contributed by atoms with Gasteiger partial charge in [0.1, 0.15) is 0 Å². The number of allylic oxidation sites excluding steroid dienone is 1. The predicted molar refractivity (Wildman–Crippen MR) is 70.6 cm³/mol. The largest absolute Gasteiger partial charge is 0.378 e. The molecule has 0 saturated carbocycles. The van der Waals surface area contributed by atoms with Gasteiger partial charge in [-0.05, 0) is 37.3 Å². The van der Waals surface area contributed by atoms with Crippen LogP contribution in [0.15, 0.2) is 42.0 Å². The molecule has 1 aromatic carbocycles. The van der Waals surface area contributed by atoms with Crippen LogP contribution in [-0.4, -0.2) is 6.04 Å². The van der Waals surface area contributed by atoms with Crippen molar-refractivity contribution in [2.75, 3.05) is 5.32 Å². The third-order valence-electron chi connectivity index (χ3n) is 3.55. The Labute approximate surface area is 98.6 Å². The molecule has 0 radical (unpaired) electrons. The molecule has 2 rings (SSSR count). The third-order valence-corrected chi connectivity index (χ3v) is 3.55. The summed E-state index contributed by atoms with van der Waals surface area (Å²) >= 11 is 0. The molecular weight excluding hydrogens is 194 g/mol. The average Bonchev–Trinajstić information content (AvgIpc) is 2.26. The molecule has 0 heterocycles. The molecule has 86 valence electrons. The topological polar surface area (TPSA) is 12.0 Å². The third kappa shape index (κ3) is 2.46. The van der Waals surface area contributed by atoms with Gasteiger partial charge in [0.15, 0.2) is 0 Å². The van der Waals surface area contributed by atoms with E-state index < -0.39 is 0 Å². The molecule has 1 N–H and O–H groups in total. The van der Waals surface area contributed by atoms with Crippen LogP contribution in [0.3, 0.4) is 0 Å². The lowest BCUT2D eigenvalue weighted by Crippen LogP contribution is -2.37. The van der Waals surface area contributed by atoms with Gasteiger partial charge in [0.05, 0.1) is 0 Å². The van der Waals surface area contributed by atoms with Crippen LogP contribution in [0.4, 0.5) is 5.69 Å². The van der Waals surface area contributed by atoms with E-state index >= 15 is 0 Å². The fourth-order valence-corrected chi connectivity index (χ4v) is 2.22. The lowest BCUT2D eigenvalue weighted by atomic mass is 9.74. The zero-order chi connectivity index (χ0) is 11.6. The summed E-state index contributed by atoms with van der Waals surface area (Å²) < 4.78 is 0. The van der Waals surface area contributed by atoms with Gasteiger partial charge in [-0.15, -0.1) is 0 Å². The second-order valence-electron chi connectivity index (χ2n) is 5.49. The summed E-state index contributed by atoms with van der Waals surface area (Å²) in [6.07, 6.45) is 4.89. The Morgan fingerprint density at radius 1 is 1.19 bits per heavy atom. The SMILES string of the molecule is CC1=CC(Nc2ccccc2)C(C)(C)CC1. The highest BCUT2D eigenvalue weighted by Gasteiger charge is 2.30. The van der Waals surface area contributed by atoms with Gasteiger partial charge in [-0.2, -0.15) is 0 Å². The molecule has 0 saturated heterocycles. The monoisotopic (exact) mass is 215 g/mol. The van der Waals surface area contributed by atoms with Crippen molar-refractivity contribution < 1.29 is 0 Å². The predicted octanol–water partition coefficient (Wildman–Crippen LogP) is 4.23. The Balaban J connectivity index is 2.16. The highest BCUT2D eigenvalue weighted by molar-refractivity contribution is 5.45. The maximum Gasteiger partial charge on any atom is 0.0498 e. The molecule has 1 heteroatoms. The van der Waals surface area contributed by atoms with Crippen molar-refractivity contribution in [3.8, 4) is 0 Å². The second-order valence-corrected chi connectivity index (χ2v) is 5.49. The molecule has 1 unspecified atom stereocenters. The molecule has 1 atom stereocenters. The van der Waals surface area contributed by atoms with Crippen LogP contribution in [-0.2, 0) is 0 Å². The molecule has 1 aromatic rings. The van der Waals surface area contributed by atoms with Crippen molar-refractivity contribution in [1.82, 2.24) is 0 Å². The number of hydrogen-bond acceptors (Lipinski definition) is 1. The normalized spacial score (nSPS) is 23.7. The summed E-state index contributed by atoms with van der Waals surface area (Å²) in [6.45, 7) is 6.92. The first-order valence-electron chi connectivity index (χ1n) is 6.07. The van der Waals surface area contributed by atoms with Crippen molar-refractivity contribution >= 4 is 5.69 Å². The van der Waals surface area contributed by atoms with Gasteiger partial charge in [0, 0.05) is 11.7 Å². The summed E-state index contributed by atoms with van der Waals surface area (Å²) in [5, 5.41) is 3.63. The van der Waals surface area contributed by atoms with Gasteiger partial charge < -0.3 is 5.32 Å². The standard InChI is InChI=1S/C15H21N/c1-12-9-10-15(2,3)14(11-12)16-13-7-5-4-6-8-13/h4-8,11,14,16H,9-10H2,1-3H3. The number of para-hydroxylation sites is 1. The van der Waals surface area contributed by atoms with Crippen LogP contribution < -0.4 is 5.32 Å². The van der Waals surface area contributed by atoms with Crippen LogP contribution >= 0.6 is 0 Å². The number of benzene rings is 1.